The van der Waals surface area contributed by atoms with Gasteiger partial charge in [-0.05, 0) is 51.0 Å². The van der Waals surface area contributed by atoms with Crippen molar-refractivity contribution in [2.45, 2.75) is 46.5 Å². The van der Waals surface area contributed by atoms with Crippen LogP contribution in [0.3, 0.4) is 0 Å². The molecule has 3 atom stereocenters. The van der Waals surface area contributed by atoms with Crippen molar-refractivity contribution in [2.75, 3.05) is 59.1 Å². The number of nitrogens with zero attached hydrogens (tertiary/aromatic N) is 2. The molecule has 2 aliphatic rings. The van der Waals surface area contributed by atoms with E-state index in [1.807, 2.05) is 0 Å². The van der Waals surface area contributed by atoms with Gasteiger partial charge in [-0.1, -0.05) is 13.8 Å². The zero-order valence-electron chi connectivity index (χ0n) is 17.1. The molecule has 0 saturated carbocycles. The second-order valence-electron chi connectivity index (χ2n) is 8.46. The summed E-state index contributed by atoms with van der Waals surface area (Å²) in [5.74, 6) is 2.53. The Morgan fingerprint density at radius 3 is 2.65 bits per heavy atom. The largest absolute Gasteiger partial charge is 0.396 e. The number of aliphatic hydroxyl groups is 1. The molecule has 6 heteroatoms. The maximum atomic E-state index is 9.35. The van der Waals surface area contributed by atoms with E-state index in [2.05, 4.69) is 36.3 Å². The first-order valence-corrected chi connectivity index (χ1v) is 10.5. The highest BCUT2D eigenvalue weighted by molar-refractivity contribution is 5.79. The van der Waals surface area contributed by atoms with Crippen molar-refractivity contribution in [1.82, 2.24) is 15.5 Å². The molecule has 2 fully saturated rings. The van der Waals surface area contributed by atoms with Gasteiger partial charge >= 0.3 is 0 Å². The van der Waals surface area contributed by atoms with E-state index in [4.69, 9.17) is 9.73 Å². The van der Waals surface area contributed by atoms with Crippen LogP contribution in [0.5, 0.6) is 0 Å². The Kier molecular flexibility index (Phi) is 9.16. The van der Waals surface area contributed by atoms with Crippen LogP contribution < -0.4 is 10.6 Å². The van der Waals surface area contributed by atoms with E-state index in [9.17, 15) is 5.11 Å². The van der Waals surface area contributed by atoms with E-state index < -0.39 is 0 Å². The fourth-order valence-electron chi connectivity index (χ4n) is 4.36. The van der Waals surface area contributed by atoms with E-state index in [1.54, 1.807) is 0 Å². The third-order valence-corrected chi connectivity index (χ3v) is 5.63. The van der Waals surface area contributed by atoms with Gasteiger partial charge in [-0.2, -0.15) is 0 Å². The van der Waals surface area contributed by atoms with Crippen molar-refractivity contribution in [3.05, 3.63) is 0 Å². The minimum Gasteiger partial charge on any atom is -0.396 e. The molecule has 0 aromatic heterocycles. The smallest absolute Gasteiger partial charge is 0.191 e. The molecule has 26 heavy (non-hydrogen) atoms. The lowest BCUT2D eigenvalue weighted by Gasteiger charge is -2.35. The predicted molar refractivity (Wildman–Crippen MR) is 108 cm³/mol. The number of nitrogens with one attached hydrogen (secondary N) is 2. The highest BCUT2D eigenvalue weighted by atomic mass is 16.5. The highest BCUT2D eigenvalue weighted by Crippen LogP contribution is 2.32. The average molecular weight is 369 g/mol. The Morgan fingerprint density at radius 1 is 1.27 bits per heavy atom. The zero-order valence-corrected chi connectivity index (χ0v) is 17.1. The Hall–Kier alpha value is -0.850. The number of hydrogen-bond donors (Lipinski definition) is 3. The van der Waals surface area contributed by atoms with E-state index in [0.29, 0.717) is 13.2 Å². The molecule has 0 spiro atoms. The van der Waals surface area contributed by atoms with Gasteiger partial charge < -0.3 is 25.4 Å². The summed E-state index contributed by atoms with van der Waals surface area (Å²) in [7, 11) is 0. The lowest BCUT2D eigenvalue weighted by molar-refractivity contribution is 0.131. The Labute approximate surface area is 159 Å². The molecule has 152 valence electrons. The summed E-state index contributed by atoms with van der Waals surface area (Å²) in [6.45, 7) is 14.7. The van der Waals surface area contributed by atoms with Crippen molar-refractivity contribution < 1.29 is 9.84 Å². The maximum Gasteiger partial charge on any atom is 0.191 e. The number of hydrogen-bond acceptors (Lipinski definition) is 4. The SMILES string of the molecule is CCNC(=NCC1(CCO)CCOC1)NCCCN1CC(C)CC(C)C1. The first-order chi connectivity index (χ1) is 12.6. The van der Waals surface area contributed by atoms with Gasteiger partial charge in [0.1, 0.15) is 0 Å². The van der Waals surface area contributed by atoms with Gasteiger partial charge in [0.2, 0.25) is 0 Å². The number of rotatable bonds is 9. The molecule has 2 heterocycles. The van der Waals surface area contributed by atoms with Gasteiger partial charge in [-0.3, -0.25) is 4.99 Å². The van der Waals surface area contributed by atoms with Crippen LogP contribution in [0.1, 0.15) is 46.5 Å². The summed E-state index contributed by atoms with van der Waals surface area (Å²) in [6.07, 6.45) is 4.25. The molecule has 0 aromatic rings. The molecular formula is C20H40N4O2. The highest BCUT2D eigenvalue weighted by Gasteiger charge is 2.34. The lowest BCUT2D eigenvalue weighted by Crippen LogP contribution is -2.42. The number of guanidine groups is 1. The van der Waals surface area contributed by atoms with Crippen LogP contribution in [0.2, 0.25) is 0 Å². The Morgan fingerprint density at radius 2 is 2.04 bits per heavy atom. The summed E-state index contributed by atoms with van der Waals surface area (Å²) >= 11 is 0. The lowest BCUT2D eigenvalue weighted by atomic mass is 9.84. The van der Waals surface area contributed by atoms with Crippen LogP contribution in [0.4, 0.5) is 0 Å². The molecule has 2 saturated heterocycles. The van der Waals surface area contributed by atoms with Crippen LogP contribution in [-0.4, -0.2) is 75.1 Å². The molecule has 2 rings (SSSR count). The Balaban J connectivity index is 1.74. The van der Waals surface area contributed by atoms with Crippen LogP contribution in [0.15, 0.2) is 4.99 Å². The molecule has 0 aliphatic carbocycles. The average Bonchev–Trinajstić information content (AvgIpc) is 3.05. The van der Waals surface area contributed by atoms with E-state index in [0.717, 1.165) is 63.3 Å². The molecule has 0 aromatic carbocycles. The molecule has 6 nitrogen and oxygen atoms in total. The standard InChI is InChI=1S/C20H40N4O2/c1-4-21-19(23-15-20(6-10-25)7-11-26-16-20)22-8-5-9-24-13-17(2)12-18(3)14-24/h17-18,25H,4-16H2,1-3H3,(H2,21,22,23). The number of ether oxygens (including phenoxy) is 1. The maximum absolute atomic E-state index is 9.35. The van der Waals surface area contributed by atoms with E-state index in [1.165, 1.54) is 19.5 Å². The van der Waals surface area contributed by atoms with Crippen LogP contribution in [-0.2, 0) is 4.74 Å². The van der Waals surface area contributed by atoms with Crippen molar-refractivity contribution >= 4 is 5.96 Å². The van der Waals surface area contributed by atoms with Crippen LogP contribution in [0.25, 0.3) is 0 Å². The minimum atomic E-state index is 0.0111. The number of piperidine rings is 1. The third-order valence-electron chi connectivity index (χ3n) is 5.63. The summed E-state index contributed by atoms with van der Waals surface area (Å²) < 4.78 is 5.56. The molecule has 0 bridgehead atoms. The summed E-state index contributed by atoms with van der Waals surface area (Å²) in [5, 5.41) is 16.2. The first kappa shape index (κ1) is 21.5. The van der Waals surface area contributed by atoms with E-state index >= 15 is 0 Å². The molecule has 2 aliphatic heterocycles. The number of aliphatic hydroxyl groups excluding tert-OH is 1. The summed E-state index contributed by atoms with van der Waals surface area (Å²) in [5.41, 5.74) is 0.0111. The normalized spacial score (nSPS) is 30.5. The van der Waals surface area contributed by atoms with Crippen molar-refractivity contribution in [3.63, 3.8) is 0 Å². The second kappa shape index (κ2) is 11.1. The monoisotopic (exact) mass is 368 g/mol. The van der Waals surface area contributed by atoms with E-state index in [-0.39, 0.29) is 12.0 Å². The first-order valence-electron chi connectivity index (χ1n) is 10.5. The summed E-state index contributed by atoms with van der Waals surface area (Å²) in [4.78, 5) is 7.39. The minimum absolute atomic E-state index is 0.0111. The second-order valence-corrected chi connectivity index (χ2v) is 8.46. The third kappa shape index (κ3) is 7.05. The van der Waals surface area contributed by atoms with Gasteiger partial charge in [0, 0.05) is 44.8 Å². The molecule has 3 N–H and O–H groups in total. The van der Waals surface area contributed by atoms with Crippen molar-refractivity contribution in [1.29, 1.82) is 0 Å². The number of likely N-dealkylation sites (tertiary alicyclic amines) is 1. The molecule has 0 radical (unpaired) electrons. The predicted octanol–water partition coefficient (Wildman–Crippen LogP) is 1.70. The van der Waals surface area contributed by atoms with Crippen molar-refractivity contribution in [3.8, 4) is 0 Å². The fourth-order valence-corrected chi connectivity index (χ4v) is 4.36. The Bertz CT molecular complexity index is 414. The van der Waals surface area contributed by atoms with Gasteiger partial charge in [0.05, 0.1) is 13.2 Å². The van der Waals surface area contributed by atoms with Crippen LogP contribution >= 0.6 is 0 Å². The fraction of sp³-hybridized carbons (Fsp3) is 0.950. The molecule has 3 unspecified atom stereocenters. The molecular weight excluding hydrogens is 328 g/mol. The van der Waals surface area contributed by atoms with Crippen LogP contribution in [0, 0.1) is 17.3 Å². The van der Waals surface area contributed by atoms with Gasteiger partial charge in [0.15, 0.2) is 5.96 Å². The zero-order chi connectivity index (χ0) is 18.8. The topological polar surface area (TPSA) is 69.1 Å². The molecule has 0 amide bonds. The van der Waals surface area contributed by atoms with Gasteiger partial charge in [-0.25, -0.2) is 0 Å². The summed E-state index contributed by atoms with van der Waals surface area (Å²) in [6, 6.07) is 0. The van der Waals surface area contributed by atoms with Gasteiger partial charge in [0.25, 0.3) is 0 Å². The van der Waals surface area contributed by atoms with Crippen molar-refractivity contribution in [2.24, 2.45) is 22.2 Å². The van der Waals surface area contributed by atoms with Gasteiger partial charge in [-0.15, -0.1) is 0 Å². The number of aliphatic imine (C=N–C) groups is 1. The quantitative estimate of drug-likeness (QED) is 0.328.